The van der Waals surface area contributed by atoms with Gasteiger partial charge in [0.15, 0.2) is 0 Å². The standard InChI is InChI=1S/C24H20FN3O2S/c1-30-20-13-11-19(12-14-20)26-21(29)15-31-24-22(16-7-9-18(25)10-8-16)27-23(28-24)17-5-3-2-4-6-17/h2-14H,15H2,1H3,(H,26,29)(H,27,28). The fraction of sp³-hybridized carbons (Fsp3) is 0.0833. The van der Waals surface area contributed by atoms with E-state index in [-0.39, 0.29) is 17.5 Å². The fourth-order valence-corrected chi connectivity index (χ4v) is 3.82. The molecular formula is C24H20FN3O2S. The first-order valence-electron chi connectivity index (χ1n) is 9.60. The molecule has 156 valence electrons. The van der Waals surface area contributed by atoms with Crippen LogP contribution in [0.3, 0.4) is 0 Å². The third kappa shape index (κ3) is 5.13. The maximum Gasteiger partial charge on any atom is 0.234 e. The van der Waals surface area contributed by atoms with E-state index in [1.165, 1.54) is 23.9 Å². The maximum absolute atomic E-state index is 13.4. The Morgan fingerprint density at radius 3 is 2.39 bits per heavy atom. The van der Waals surface area contributed by atoms with E-state index in [0.717, 1.165) is 22.6 Å². The second kappa shape index (κ2) is 9.49. The smallest absolute Gasteiger partial charge is 0.234 e. The van der Waals surface area contributed by atoms with Crippen molar-refractivity contribution >= 4 is 23.4 Å². The van der Waals surface area contributed by atoms with Crippen molar-refractivity contribution in [2.75, 3.05) is 18.2 Å². The minimum Gasteiger partial charge on any atom is -0.497 e. The number of methoxy groups -OCH3 is 1. The molecule has 0 unspecified atom stereocenters. The van der Waals surface area contributed by atoms with Crippen LogP contribution in [0.2, 0.25) is 0 Å². The molecule has 0 bridgehead atoms. The Bertz CT molecular complexity index is 1160. The van der Waals surface area contributed by atoms with Gasteiger partial charge in [0.2, 0.25) is 5.91 Å². The number of aromatic nitrogens is 2. The van der Waals surface area contributed by atoms with Crippen LogP contribution in [0.1, 0.15) is 0 Å². The van der Waals surface area contributed by atoms with Crippen LogP contribution < -0.4 is 10.1 Å². The van der Waals surface area contributed by atoms with Crippen molar-refractivity contribution in [3.05, 3.63) is 84.7 Å². The molecule has 5 nitrogen and oxygen atoms in total. The fourth-order valence-electron chi connectivity index (χ4n) is 3.01. The number of benzene rings is 3. The lowest BCUT2D eigenvalue weighted by molar-refractivity contribution is -0.113. The molecule has 1 amide bonds. The Balaban J connectivity index is 1.53. The van der Waals surface area contributed by atoms with Crippen molar-refractivity contribution in [3.63, 3.8) is 0 Å². The summed E-state index contributed by atoms with van der Waals surface area (Å²) in [5, 5.41) is 3.54. The van der Waals surface area contributed by atoms with E-state index < -0.39 is 0 Å². The lowest BCUT2D eigenvalue weighted by atomic mass is 10.2. The SMILES string of the molecule is COc1ccc(NC(=O)CSc2nc(-c3ccccc3)[nH]c2-c2ccc(F)cc2)cc1. The van der Waals surface area contributed by atoms with Gasteiger partial charge in [-0.1, -0.05) is 42.1 Å². The predicted octanol–water partition coefficient (Wildman–Crippen LogP) is 5.62. The van der Waals surface area contributed by atoms with Crippen LogP contribution in [0.15, 0.2) is 83.9 Å². The molecule has 2 N–H and O–H groups in total. The highest BCUT2D eigenvalue weighted by atomic mass is 32.2. The van der Waals surface area contributed by atoms with Crippen LogP contribution in [-0.2, 0) is 4.79 Å². The number of H-pyrrole nitrogens is 1. The van der Waals surface area contributed by atoms with Crippen molar-refractivity contribution in [2.45, 2.75) is 5.03 Å². The molecule has 3 aromatic carbocycles. The number of hydrogen-bond donors (Lipinski definition) is 2. The minimum atomic E-state index is -0.306. The summed E-state index contributed by atoms with van der Waals surface area (Å²) < 4.78 is 18.5. The van der Waals surface area contributed by atoms with Crippen molar-refractivity contribution in [2.24, 2.45) is 0 Å². The van der Waals surface area contributed by atoms with Gasteiger partial charge in [-0.2, -0.15) is 0 Å². The van der Waals surface area contributed by atoms with E-state index >= 15 is 0 Å². The third-order valence-electron chi connectivity index (χ3n) is 4.56. The molecule has 31 heavy (non-hydrogen) atoms. The monoisotopic (exact) mass is 433 g/mol. The van der Waals surface area contributed by atoms with E-state index in [0.29, 0.717) is 16.5 Å². The number of nitrogens with one attached hydrogen (secondary N) is 2. The largest absolute Gasteiger partial charge is 0.497 e. The molecule has 0 aliphatic heterocycles. The van der Waals surface area contributed by atoms with Crippen LogP contribution in [0, 0.1) is 5.82 Å². The number of carbonyl (C=O) groups excluding carboxylic acids is 1. The van der Waals surface area contributed by atoms with E-state index in [2.05, 4.69) is 10.3 Å². The van der Waals surface area contributed by atoms with Gasteiger partial charge in [0.1, 0.15) is 22.4 Å². The second-order valence-corrected chi connectivity index (χ2v) is 7.67. The Labute approximate surface area is 183 Å². The molecule has 1 heterocycles. The van der Waals surface area contributed by atoms with E-state index in [1.54, 1.807) is 43.5 Å². The number of nitrogens with zero attached hydrogens (tertiary/aromatic N) is 1. The molecule has 1 aromatic heterocycles. The zero-order chi connectivity index (χ0) is 21.6. The van der Waals surface area contributed by atoms with Crippen LogP contribution in [-0.4, -0.2) is 28.7 Å². The van der Waals surface area contributed by atoms with Crippen LogP contribution in [0.4, 0.5) is 10.1 Å². The van der Waals surface area contributed by atoms with Crippen molar-refractivity contribution in [3.8, 4) is 28.4 Å². The van der Waals surface area contributed by atoms with Crippen LogP contribution >= 0.6 is 11.8 Å². The van der Waals surface area contributed by atoms with E-state index in [1.807, 2.05) is 30.3 Å². The molecule has 4 aromatic rings. The zero-order valence-corrected chi connectivity index (χ0v) is 17.6. The van der Waals surface area contributed by atoms with E-state index in [4.69, 9.17) is 9.72 Å². The molecular weight excluding hydrogens is 413 g/mol. The summed E-state index contributed by atoms with van der Waals surface area (Å²) in [6.07, 6.45) is 0. The Hall–Kier alpha value is -3.58. The molecule has 0 aliphatic rings. The quantitative estimate of drug-likeness (QED) is 0.371. The average Bonchev–Trinajstić information content (AvgIpc) is 3.24. The Morgan fingerprint density at radius 2 is 1.71 bits per heavy atom. The topological polar surface area (TPSA) is 67.0 Å². The van der Waals surface area contributed by atoms with Gasteiger partial charge in [0.05, 0.1) is 18.6 Å². The summed E-state index contributed by atoms with van der Waals surface area (Å²) in [6, 6.07) is 23.1. The van der Waals surface area contributed by atoms with Gasteiger partial charge < -0.3 is 15.0 Å². The van der Waals surface area contributed by atoms with Gasteiger partial charge in [-0.15, -0.1) is 0 Å². The van der Waals surface area contributed by atoms with Gasteiger partial charge >= 0.3 is 0 Å². The first kappa shape index (κ1) is 20.7. The number of ether oxygens (including phenoxy) is 1. The molecule has 7 heteroatoms. The molecule has 4 rings (SSSR count). The number of thioether (sulfide) groups is 1. The summed E-state index contributed by atoms with van der Waals surface area (Å²) in [6.45, 7) is 0. The first-order valence-corrected chi connectivity index (χ1v) is 10.6. The number of amides is 1. The normalized spacial score (nSPS) is 10.6. The predicted molar refractivity (Wildman–Crippen MR) is 122 cm³/mol. The highest BCUT2D eigenvalue weighted by molar-refractivity contribution is 8.00. The molecule has 0 radical (unpaired) electrons. The first-order chi connectivity index (χ1) is 15.1. The van der Waals surface area contributed by atoms with Crippen molar-refractivity contribution in [1.29, 1.82) is 0 Å². The van der Waals surface area contributed by atoms with Gasteiger partial charge in [-0.3, -0.25) is 4.79 Å². The minimum absolute atomic E-state index is 0.149. The van der Waals surface area contributed by atoms with Gasteiger partial charge in [-0.25, -0.2) is 9.37 Å². The lowest BCUT2D eigenvalue weighted by Gasteiger charge is -2.06. The number of rotatable bonds is 7. The summed E-state index contributed by atoms with van der Waals surface area (Å²) in [4.78, 5) is 20.5. The molecule has 0 saturated carbocycles. The average molecular weight is 434 g/mol. The Morgan fingerprint density at radius 1 is 1.00 bits per heavy atom. The summed E-state index contributed by atoms with van der Waals surface area (Å²) in [7, 11) is 1.59. The zero-order valence-electron chi connectivity index (χ0n) is 16.8. The van der Waals surface area contributed by atoms with Crippen molar-refractivity contribution in [1.82, 2.24) is 9.97 Å². The Kier molecular flexibility index (Phi) is 6.33. The third-order valence-corrected chi connectivity index (χ3v) is 5.54. The number of anilines is 1. The number of hydrogen-bond acceptors (Lipinski definition) is 4. The van der Waals surface area contributed by atoms with Crippen LogP contribution in [0.25, 0.3) is 22.6 Å². The lowest BCUT2D eigenvalue weighted by Crippen LogP contribution is -2.14. The number of imidazole rings is 1. The van der Waals surface area contributed by atoms with Gasteiger partial charge in [-0.05, 0) is 48.5 Å². The van der Waals surface area contributed by atoms with Gasteiger partial charge in [0, 0.05) is 16.8 Å². The number of carbonyl (C=O) groups is 1. The maximum atomic E-state index is 13.4. The van der Waals surface area contributed by atoms with E-state index in [9.17, 15) is 9.18 Å². The molecule has 0 fully saturated rings. The highest BCUT2D eigenvalue weighted by Gasteiger charge is 2.16. The summed E-state index contributed by atoms with van der Waals surface area (Å²) >= 11 is 1.32. The summed E-state index contributed by atoms with van der Waals surface area (Å²) in [5.41, 5.74) is 3.17. The van der Waals surface area contributed by atoms with Gasteiger partial charge in [0.25, 0.3) is 0 Å². The number of halogens is 1. The van der Waals surface area contributed by atoms with Crippen molar-refractivity contribution < 1.29 is 13.9 Å². The van der Waals surface area contributed by atoms with Crippen LogP contribution in [0.5, 0.6) is 5.75 Å². The molecule has 0 atom stereocenters. The molecule has 0 spiro atoms. The summed E-state index contributed by atoms with van der Waals surface area (Å²) in [5.74, 6) is 1.14. The second-order valence-electron chi connectivity index (χ2n) is 6.70. The highest BCUT2D eigenvalue weighted by Crippen LogP contribution is 2.32. The number of aromatic amines is 1. The molecule has 0 saturated heterocycles. The molecule has 0 aliphatic carbocycles.